The summed E-state index contributed by atoms with van der Waals surface area (Å²) >= 11 is 0. The van der Waals surface area contributed by atoms with E-state index < -0.39 is 17.4 Å². The van der Waals surface area contributed by atoms with E-state index in [2.05, 4.69) is 0 Å². The number of ether oxygens (including phenoxy) is 1. The highest BCUT2D eigenvalue weighted by atomic mass is 16.5. The summed E-state index contributed by atoms with van der Waals surface area (Å²) in [5.41, 5.74) is -0.507. The molecule has 0 saturated heterocycles. The summed E-state index contributed by atoms with van der Waals surface area (Å²) in [6.07, 6.45) is 1.53. The Kier molecular flexibility index (Phi) is 4.86. The van der Waals surface area contributed by atoms with Crippen molar-refractivity contribution in [3.05, 3.63) is 12.2 Å². The lowest BCUT2D eigenvalue weighted by molar-refractivity contribution is -0.142. The minimum absolute atomic E-state index is 0.0479. The number of hydrogen-bond donors (Lipinski definition) is 2. The minimum atomic E-state index is -1.21. The van der Waals surface area contributed by atoms with Crippen LogP contribution in [0.5, 0.6) is 0 Å². The molecule has 0 fully saturated rings. The number of aliphatic carboxylic acids is 1. The molecule has 2 N–H and O–H groups in total. The van der Waals surface area contributed by atoms with Crippen LogP contribution in [0.4, 0.5) is 0 Å². The van der Waals surface area contributed by atoms with Gasteiger partial charge in [0.15, 0.2) is 0 Å². The van der Waals surface area contributed by atoms with Gasteiger partial charge in [-0.3, -0.25) is 0 Å². The van der Waals surface area contributed by atoms with Gasteiger partial charge in [0.1, 0.15) is 0 Å². The van der Waals surface area contributed by atoms with Gasteiger partial charge in [-0.25, -0.2) is 9.59 Å². The van der Waals surface area contributed by atoms with E-state index in [9.17, 15) is 9.59 Å². The predicted octanol–water partition coefficient (Wildman–Crippen LogP) is 0.189. The SMILES string of the molecule is CC(C)(CO)COC(=O)/C=C\C(=O)O. The largest absolute Gasteiger partial charge is 0.478 e. The Labute approximate surface area is 82.0 Å². The second-order valence-electron chi connectivity index (χ2n) is 3.60. The molecular weight excluding hydrogens is 188 g/mol. The molecule has 0 amide bonds. The second kappa shape index (κ2) is 5.39. The molecule has 0 aliphatic heterocycles. The molecule has 0 rings (SSSR count). The number of carbonyl (C=O) groups excluding carboxylic acids is 1. The molecule has 0 aliphatic rings. The average Bonchev–Trinajstić information content (AvgIpc) is 2.11. The zero-order valence-corrected chi connectivity index (χ0v) is 8.19. The van der Waals surface area contributed by atoms with Crippen LogP contribution >= 0.6 is 0 Å². The molecule has 0 aromatic heterocycles. The maximum atomic E-state index is 10.9. The summed E-state index contributed by atoms with van der Waals surface area (Å²) in [6, 6.07) is 0. The first-order chi connectivity index (χ1) is 6.37. The van der Waals surface area contributed by atoms with E-state index in [0.717, 1.165) is 6.08 Å². The molecule has 0 saturated carbocycles. The summed E-state index contributed by atoms with van der Waals surface area (Å²) in [5, 5.41) is 17.0. The fourth-order valence-electron chi connectivity index (χ4n) is 0.500. The Morgan fingerprint density at radius 1 is 1.36 bits per heavy atom. The van der Waals surface area contributed by atoms with Gasteiger partial charge in [0.05, 0.1) is 13.2 Å². The molecule has 80 valence electrons. The van der Waals surface area contributed by atoms with Gasteiger partial charge < -0.3 is 14.9 Å². The van der Waals surface area contributed by atoms with Crippen molar-refractivity contribution in [3.8, 4) is 0 Å². The summed E-state index contributed by atoms with van der Waals surface area (Å²) in [6.45, 7) is 3.39. The first-order valence-electron chi connectivity index (χ1n) is 4.06. The van der Waals surface area contributed by atoms with E-state index >= 15 is 0 Å². The summed E-state index contributed by atoms with van der Waals surface area (Å²) in [5.74, 6) is -1.93. The van der Waals surface area contributed by atoms with Crippen molar-refractivity contribution in [2.45, 2.75) is 13.8 Å². The molecule has 5 heteroatoms. The Morgan fingerprint density at radius 2 is 1.93 bits per heavy atom. The van der Waals surface area contributed by atoms with Crippen LogP contribution < -0.4 is 0 Å². The standard InChI is InChI=1S/C9H14O5/c1-9(2,5-10)6-14-8(13)4-3-7(11)12/h3-4,10H,5-6H2,1-2H3,(H,11,12)/b4-3-. The van der Waals surface area contributed by atoms with Gasteiger partial charge in [0.2, 0.25) is 0 Å². The molecule has 0 unspecified atom stereocenters. The molecular formula is C9H14O5. The fraction of sp³-hybridized carbons (Fsp3) is 0.556. The highest BCUT2D eigenvalue weighted by molar-refractivity contribution is 5.90. The topological polar surface area (TPSA) is 83.8 Å². The number of carboxylic acids is 1. The van der Waals surface area contributed by atoms with Gasteiger partial charge >= 0.3 is 11.9 Å². The first kappa shape index (κ1) is 12.6. The van der Waals surface area contributed by atoms with Crippen molar-refractivity contribution < 1.29 is 24.5 Å². The van der Waals surface area contributed by atoms with Crippen LogP contribution in [0.15, 0.2) is 12.2 Å². The molecule has 0 bridgehead atoms. The Hall–Kier alpha value is -1.36. The Balaban J connectivity index is 3.92. The molecule has 0 heterocycles. The van der Waals surface area contributed by atoms with E-state index in [4.69, 9.17) is 14.9 Å². The quantitative estimate of drug-likeness (QED) is 0.491. The van der Waals surface area contributed by atoms with Crippen molar-refractivity contribution in [1.29, 1.82) is 0 Å². The third-order valence-corrected chi connectivity index (χ3v) is 1.40. The highest BCUT2D eigenvalue weighted by Gasteiger charge is 2.18. The maximum Gasteiger partial charge on any atom is 0.331 e. The number of carboxylic acid groups (broad SMARTS) is 1. The van der Waals surface area contributed by atoms with Gasteiger partial charge in [0.25, 0.3) is 0 Å². The molecule has 0 aromatic rings. The van der Waals surface area contributed by atoms with Crippen LogP contribution in [0.25, 0.3) is 0 Å². The fourth-order valence-corrected chi connectivity index (χ4v) is 0.500. The molecule has 0 aliphatic carbocycles. The lowest BCUT2D eigenvalue weighted by Gasteiger charge is -2.20. The van der Waals surface area contributed by atoms with Crippen LogP contribution in [-0.2, 0) is 14.3 Å². The minimum Gasteiger partial charge on any atom is -0.478 e. The van der Waals surface area contributed by atoms with Gasteiger partial charge in [-0.1, -0.05) is 13.8 Å². The van der Waals surface area contributed by atoms with E-state index in [1.807, 2.05) is 0 Å². The van der Waals surface area contributed by atoms with Gasteiger partial charge in [-0.2, -0.15) is 0 Å². The monoisotopic (exact) mass is 202 g/mol. The number of aliphatic hydroxyl groups excluding tert-OH is 1. The van der Waals surface area contributed by atoms with Crippen LogP contribution in [-0.4, -0.2) is 35.4 Å². The lowest BCUT2D eigenvalue weighted by Crippen LogP contribution is -2.25. The predicted molar refractivity (Wildman–Crippen MR) is 48.6 cm³/mol. The molecule has 14 heavy (non-hydrogen) atoms. The number of carbonyl (C=O) groups is 2. The zero-order chi connectivity index (χ0) is 11.2. The third-order valence-electron chi connectivity index (χ3n) is 1.40. The third kappa shape index (κ3) is 6.19. The molecule has 0 radical (unpaired) electrons. The van der Waals surface area contributed by atoms with Crippen molar-refractivity contribution in [3.63, 3.8) is 0 Å². The van der Waals surface area contributed by atoms with Crippen LogP contribution in [0.2, 0.25) is 0 Å². The van der Waals surface area contributed by atoms with E-state index in [-0.39, 0.29) is 13.2 Å². The summed E-state index contributed by atoms with van der Waals surface area (Å²) < 4.78 is 4.70. The number of rotatable bonds is 5. The van der Waals surface area contributed by atoms with Crippen LogP contribution in [0, 0.1) is 5.41 Å². The zero-order valence-electron chi connectivity index (χ0n) is 8.19. The highest BCUT2D eigenvalue weighted by Crippen LogP contribution is 2.13. The summed E-state index contributed by atoms with van der Waals surface area (Å²) in [4.78, 5) is 20.9. The number of aliphatic hydroxyl groups is 1. The molecule has 5 nitrogen and oxygen atoms in total. The molecule has 0 spiro atoms. The van der Waals surface area contributed by atoms with Gasteiger partial charge in [0, 0.05) is 17.6 Å². The lowest BCUT2D eigenvalue weighted by atomic mass is 9.97. The van der Waals surface area contributed by atoms with Gasteiger partial charge in [-0.05, 0) is 0 Å². The van der Waals surface area contributed by atoms with E-state index in [1.54, 1.807) is 13.8 Å². The van der Waals surface area contributed by atoms with Crippen LogP contribution in [0.3, 0.4) is 0 Å². The Morgan fingerprint density at radius 3 is 2.36 bits per heavy atom. The van der Waals surface area contributed by atoms with Gasteiger partial charge in [-0.15, -0.1) is 0 Å². The van der Waals surface area contributed by atoms with Crippen molar-refractivity contribution in [2.75, 3.05) is 13.2 Å². The number of hydrogen-bond acceptors (Lipinski definition) is 4. The molecule has 0 aromatic carbocycles. The Bertz CT molecular complexity index is 242. The number of esters is 1. The maximum absolute atomic E-state index is 10.9. The normalized spacial score (nSPS) is 11.6. The van der Waals surface area contributed by atoms with Crippen molar-refractivity contribution in [2.24, 2.45) is 5.41 Å². The second-order valence-corrected chi connectivity index (χ2v) is 3.60. The van der Waals surface area contributed by atoms with E-state index in [1.165, 1.54) is 0 Å². The first-order valence-corrected chi connectivity index (χ1v) is 4.06. The smallest absolute Gasteiger partial charge is 0.331 e. The van der Waals surface area contributed by atoms with E-state index in [0.29, 0.717) is 6.08 Å². The van der Waals surface area contributed by atoms with Crippen molar-refractivity contribution >= 4 is 11.9 Å². The molecule has 0 atom stereocenters. The summed E-state index contributed by atoms with van der Waals surface area (Å²) in [7, 11) is 0. The average molecular weight is 202 g/mol. The van der Waals surface area contributed by atoms with Crippen LogP contribution in [0.1, 0.15) is 13.8 Å². The van der Waals surface area contributed by atoms with Crippen molar-refractivity contribution in [1.82, 2.24) is 0 Å².